The molecule has 2 aromatic carbocycles. The Labute approximate surface area is 146 Å². The molecule has 0 aliphatic carbocycles. The molecule has 0 radical (unpaired) electrons. The number of carbonyl (C=O) groups is 1. The molecule has 2 unspecified atom stereocenters. The first-order chi connectivity index (χ1) is 11.5. The van der Waals surface area contributed by atoms with E-state index < -0.39 is 0 Å². The molecule has 0 aliphatic rings. The minimum absolute atomic E-state index is 0.103. The van der Waals surface area contributed by atoms with Gasteiger partial charge in [-0.25, -0.2) is 0 Å². The largest absolute Gasteiger partial charge is 0.467 e. The van der Waals surface area contributed by atoms with Crippen molar-refractivity contribution in [2.75, 3.05) is 13.9 Å². The van der Waals surface area contributed by atoms with Crippen LogP contribution in [0.25, 0.3) is 0 Å². The van der Waals surface area contributed by atoms with Gasteiger partial charge in [-0.15, -0.1) is 0 Å². The lowest BCUT2D eigenvalue weighted by molar-refractivity contribution is 0.0500. The molecule has 2 aromatic rings. The van der Waals surface area contributed by atoms with Crippen molar-refractivity contribution in [3.8, 4) is 5.75 Å². The molecule has 0 bridgehead atoms. The summed E-state index contributed by atoms with van der Waals surface area (Å²) < 4.78 is 10.9. The molecule has 24 heavy (non-hydrogen) atoms. The average molecular weight is 344 g/mol. The zero-order valence-electron chi connectivity index (χ0n) is 14.8. The number of aldehydes is 1. The summed E-state index contributed by atoms with van der Waals surface area (Å²) in [5.74, 6) is 0.850. The summed E-state index contributed by atoms with van der Waals surface area (Å²) in [6, 6.07) is 14.1. The van der Waals surface area contributed by atoms with Gasteiger partial charge in [-0.05, 0) is 24.7 Å². The second-order valence-electron chi connectivity index (χ2n) is 6.07. The lowest BCUT2D eigenvalue weighted by Gasteiger charge is -2.31. The predicted molar refractivity (Wildman–Crippen MR) is 101 cm³/mol. The van der Waals surface area contributed by atoms with Crippen LogP contribution in [0.5, 0.6) is 5.75 Å². The maximum absolute atomic E-state index is 11.4. The van der Waals surface area contributed by atoms with Gasteiger partial charge in [0, 0.05) is 23.4 Å². The van der Waals surface area contributed by atoms with Crippen LogP contribution in [0, 0.1) is 6.92 Å². The first kappa shape index (κ1) is 18.6. The number of methoxy groups -OCH3 is 1. The van der Waals surface area contributed by atoms with Crippen LogP contribution in [0.2, 0.25) is 0 Å². The van der Waals surface area contributed by atoms with E-state index in [1.165, 1.54) is 11.1 Å². The molecule has 0 N–H and O–H groups in total. The standard InChI is InChI=1S/C20H25O3P/c1-5-20(3,24-19-9-7-6-8-16(19)13-21)17-12-15(2)10-11-18(17)23-14-22-4/h6-13,24H,5,14H2,1-4H3. The van der Waals surface area contributed by atoms with Gasteiger partial charge in [0.1, 0.15) is 5.75 Å². The molecule has 2 rings (SSSR count). The van der Waals surface area contributed by atoms with Crippen molar-refractivity contribution in [1.29, 1.82) is 0 Å². The Morgan fingerprint density at radius 2 is 1.96 bits per heavy atom. The van der Waals surface area contributed by atoms with Crippen LogP contribution in [-0.4, -0.2) is 20.2 Å². The molecule has 0 saturated heterocycles. The fourth-order valence-corrected chi connectivity index (χ4v) is 4.25. The van der Waals surface area contributed by atoms with Gasteiger partial charge >= 0.3 is 0 Å². The molecule has 0 amide bonds. The van der Waals surface area contributed by atoms with E-state index in [4.69, 9.17) is 9.47 Å². The molecule has 0 aliphatic heterocycles. The number of ether oxygens (including phenoxy) is 2. The lowest BCUT2D eigenvalue weighted by atomic mass is 9.95. The number of aryl methyl sites for hydroxylation is 1. The predicted octanol–water partition coefficient (Wildman–Crippen LogP) is 4.42. The first-order valence-electron chi connectivity index (χ1n) is 8.09. The summed E-state index contributed by atoms with van der Waals surface area (Å²) in [5.41, 5.74) is 3.13. The van der Waals surface area contributed by atoms with E-state index in [1.54, 1.807) is 7.11 Å². The van der Waals surface area contributed by atoms with E-state index >= 15 is 0 Å². The fraction of sp³-hybridized carbons (Fsp3) is 0.350. The topological polar surface area (TPSA) is 35.5 Å². The van der Waals surface area contributed by atoms with Crippen molar-refractivity contribution >= 4 is 20.2 Å². The van der Waals surface area contributed by atoms with Gasteiger partial charge in [0.05, 0.1) is 0 Å². The summed E-state index contributed by atoms with van der Waals surface area (Å²) in [6.07, 6.45) is 1.89. The zero-order chi connectivity index (χ0) is 17.6. The van der Waals surface area contributed by atoms with Gasteiger partial charge in [-0.1, -0.05) is 64.4 Å². The van der Waals surface area contributed by atoms with Crippen LogP contribution in [0.1, 0.15) is 41.8 Å². The summed E-state index contributed by atoms with van der Waals surface area (Å²) in [7, 11) is 2.10. The van der Waals surface area contributed by atoms with E-state index in [1.807, 2.05) is 36.4 Å². The fourth-order valence-electron chi connectivity index (χ4n) is 2.68. The van der Waals surface area contributed by atoms with Crippen LogP contribution in [0.3, 0.4) is 0 Å². The van der Waals surface area contributed by atoms with Crippen LogP contribution in [-0.2, 0) is 9.89 Å². The average Bonchev–Trinajstić information content (AvgIpc) is 2.61. The molecule has 0 aromatic heterocycles. The van der Waals surface area contributed by atoms with Gasteiger partial charge in [-0.3, -0.25) is 4.79 Å². The Balaban J connectivity index is 2.45. The third-order valence-corrected chi connectivity index (χ3v) is 6.17. The van der Waals surface area contributed by atoms with Crippen molar-refractivity contribution in [2.24, 2.45) is 0 Å². The molecular weight excluding hydrogens is 319 g/mol. The van der Waals surface area contributed by atoms with E-state index in [9.17, 15) is 4.79 Å². The van der Waals surface area contributed by atoms with E-state index in [0.29, 0.717) is 8.58 Å². The lowest BCUT2D eigenvalue weighted by Crippen LogP contribution is -2.21. The van der Waals surface area contributed by atoms with Gasteiger partial charge in [0.25, 0.3) is 0 Å². The first-order valence-corrected chi connectivity index (χ1v) is 9.09. The monoisotopic (exact) mass is 344 g/mol. The molecule has 128 valence electrons. The normalized spacial score (nSPS) is 13.8. The number of carbonyl (C=O) groups excluding carboxylic acids is 1. The highest BCUT2D eigenvalue weighted by Crippen LogP contribution is 2.47. The molecule has 0 saturated carbocycles. The maximum Gasteiger partial charge on any atom is 0.188 e. The zero-order valence-corrected chi connectivity index (χ0v) is 15.8. The van der Waals surface area contributed by atoms with E-state index in [0.717, 1.165) is 29.3 Å². The molecule has 0 spiro atoms. The second-order valence-corrected chi connectivity index (χ2v) is 7.96. The summed E-state index contributed by atoms with van der Waals surface area (Å²) in [5, 5.41) is 0.991. The Morgan fingerprint density at radius 3 is 2.62 bits per heavy atom. The molecular formula is C20H25O3P. The molecule has 0 heterocycles. The second kappa shape index (κ2) is 8.41. The third kappa shape index (κ3) is 4.23. The Hall–Kier alpha value is -1.70. The molecule has 0 fully saturated rings. The van der Waals surface area contributed by atoms with E-state index in [2.05, 4.69) is 26.8 Å². The highest BCUT2D eigenvalue weighted by Gasteiger charge is 2.29. The number of rotatable bonds is 8. The molecule has 4 heteroatoms. The van der Waals surface area contributed by atoms with Gasteiger partial charge in [0.15, 0.2) is 13.1 Å². The summed E-state index contributed by atoms with van der Waals surface area (Å²) in [6.45, 7) is 6.73. The minimum Gasteiger partial charge on any atom is -0.467 e. The van der Waals surface area contributed by atoms with Crippen molar-refractivity contribution in [3.63, 3.8) is 0 Å². The number of hydrogen-bond donors (Lipinski definition) is 0. The van der Waals surface area contributed by atoms with Crippen molar-refractivity contribution < 1.29 is 14.3 Å². The van der Waals surface area contributed by atoms with Crippen LogP contribution in [0.15, 0.2) is 42.5 Å². The Morgan fingerprint density at radius 1 is 1.21 bits per heavy atom. The number of benzene rings is 2. The van der Waals surface area contributed by atoms with Crippen LogP contribution in [0.4, 0.5) is 0 Å². The molecule has 2 atom stereocenters. The maximum atomic E-state index is 11.4. The molecule has 3 nitrogen and oxygen atoms in total. The van der Waals surface area contributed by atoms with Gasteiger partial charge in [0.2, 0.25) is 0 Å². The van der Waals surface area contributed by atoms with Crippen LogP contribution < -0.4 is 10.0 Å². The SMILES string of the molecule is CCC(C)(Pc1ccccc1C=O)c1cc(C)ccc1OCOC. The van der Waals surface area contributed by atoms with Crippen molar-refractivity contribution in [2.45, 2.75) is 32.3 Å². The quantitative estimate of drug-likeness (QED) is 0.404. The van der Waals surface area contributed by atoms with Gasteiger partial charge < -0.3 is 9.47 Å². The minimum atomic E-state index is -0.103. The van der Waals surface area contributed by atoms with Crippen LogP contribution >= 0.6 is 8.58 Å². The Kier molecular flexibility index (Phi) is 6.53. The van der Waals surface area contributed by atoms with Crippen molar-refractivity contribution in [1.82, 2.24) is 0 Å². The van der Waals surface area contributed by atoms with Crippen molar-refractivity contribution in [3.05, 3.63) is 59.2 Å². The summed E-state index contributed by atoms with van der Waals surface area (Å²) in [4.78, 5) is 11.4. The third-order valence-electron chi connectivity index (χ3n) is 4.27. The smallest absolute Gasteiger partial charge is 0.188 e. The highest BCUT2D eigenvalue weighted by molar-refractivity contribution is 7.48. The van der Waals surface area contributed by atoms with E-state index in [-0.39, 0.29) is 11.9 Å². The Bertz CT molecular complexity index is 699. The van der Waals surface area contributed by atoms with Gasteiger partial charge in [-0.2, -0.15) is 0 Å². The number of hydrogen-bond acceptors (Lipinski definition) is 3. The summed E-state index contributed by atoms with van der Waals surface area (Å²) >= 11 is 0. The highest BCUT2D eigenvalue weighted by atomic mass is 31.1.